The molecule has 4 atom stereocenters. The minimum Gasteiger partial charge on any atom is -0.326 e. The highest BCUT2D eigenvalue weighted by Crippen LogP contribution is 2.44. The van der Waals surface area contributed by atoms with Gasteiger partial charge in [0.25, 0.3) is 0 Å². The van der Waals surface area contributed by atoms with Crippen molar-refractivity contribution in [2.75, 3.05) is 13.1 Å². The number of halogens is 1. The van der Waals surface area contributed by atoms with Crippen molar-refractivity contribution in [1.82, 2.24) is 9.32 Å². The molecule has 3 aliphatic rings. The van der Waals surface area contributed by atoms with E-state index in [9.17, 15) is 9.59 Å². The molecule has 0 aromatic heterocycles. The van der Waals surface area contributed by atoms with E-state index < -0.39 is 0 Å². The monoisotopic (exact) mass is 309 g/mol. The number of fused-ring (bicyclic) bond motifs is 1. The van der Waals surface area contributed by atoms with Gasteiger partial charge in [0.1, 0.15) is 11.8 Å². The van der Waals surface area contributed by atoms with Crippen LogP contribution < -0.4 is 0 Å². The Morgan fingerprint density at radius 2 is 2.05 bits per heavy atom. The lowest BCUT2D eigenvalue weighted by atomic mass is 10.0. The summed E-state index contributed by atoms with van der Waals surface area (Å²) in [5, 5.41) is 9.04. The Hall–Kier alpha value is -1.12. The van der Waals surface area contributed by atoms with Crippen LogP contribution in [0.15, 0.2) is 0 Å². The molecule has 1 aliphatic heterocycles. The van der Waals surface area contributed by atoms with Crippen molar-refractivity contribution in [3.8, 4) is 6.07 Å². The third-order valence-corrected chi connectivity index (χ3v) is 5.60. The number of likely N-dealkylation sites (tertiary alicyclic amines) is 1. The van der Waals surface area contributed by atoms with Gasteiger partial charge in [-0.15, -0.1) is 0 Å². The molecule has 0 radical (unpaired) electrons. The number of Topliss-reactive ketones (excluding diaryl/α,β-unsaturated/α-hetero) is 1. The summed E-state index contributed by atoms with van der Waals surface area (Å²) in [4.78, 5) is 25.3. The first kappa shape index (κ1) is 14.8. The molecule has 0 unspecified atom stereocenters. The minimum absolute atomic E-state index is 0.0535. The molecule has 2 saturated carbocycles. The lowest BCUT2D eigenvalue weighted by Gasteiger charge is -2.25. The topological polar surface area (TPSA) is 64.4 Å². The number of amides is 1. The number of hydrogen-bond donors (Lipinski definition) is 0. The van der Waals surface area contributed by atoms with Crippen molar-refractivity contribution >= 4 is 23.5 Å². The van der Waals surface area contributed by atoms with Gasteiger partial charge in [0.2, 0.25) is 5.91 Å². The van der Waals surface area contributed by atoms with Gasteiger partial charge in [-0.05, 0) is 49.3 Å². The molecule has 0 aromatic rings. The Labute approximate surface area is 129 Å². The molecule has 0 N–H and O–H groups in total. The standard InChI is InChI=1S/C15H20ClN3O2/c16-19(9-15(21)18-3-1-2-12(18)8-17)13-4-10-6-14(20)7-11(10)5-13/h10-13H,1-7,9H2/t10-,11+,12-,13-/m0/s1. The van der Waals surface area contributed by atoms with Gasteiger partial charge in [0.05, 0.1) is 12.6 Å². The zero-order valence-electron chi connectivity index (χ0n) is 12.0. The van der Waals surface area contributed by atoms with E-state index in [1.54, 1.807) is 9.32 Å². The summed E-state index contributed by atoms with van der Waals surface area (Å²) >= 11 is 6.32. The maximum atomic E-state index is 12.3. The van der Waals surface area contributed by atoms with Crippen molar-refractivity contribution in [3.05, 3.63) is 0 Å². The van der Waals surface area contributed by atoms with Crippen LogP contribution in [0.2, 0.25) is 0 Å². The van der Waals surface area contributed by atoms with Crippen LogP contribution >= 0.6 is 11.8 Å². The third kappa shape index (κ3) is 2.93. The number of hydrogen-bond acceptors (Lipinski definition) is 4. The van der Waals surface area contributed by atoms with Gasteiger partial charge in [-0.2, -0.15) is 5.26 Å². The molecule has 1 amide bonds. The van der Waals surface area contributed by atoms with E-state index in [2.05, 4.69) is 6.07 Å². The third-order valence-electron chi connectivity index (χ3n) is 5.20. The van der Waals surface area contributed by atoms with Gasteiger partial charge < -0.3 is 4.90 Å². The predicted octanol–water partition coefficient (Wildman–Crippen LogP) is 1.71. The Kier molecular flexibility index (Phi) is 4.19. The number of nitriles is 1. The molecule has 1 heterocycles. The largest absolute Gasteiger partial charge is 0.326 e. The van der Waals surface area contributed by atoms with E-state index in [-0.39, 0.29) is 24.5 Å². The lowest BCUT2D eigenvalue weighted by molar-refractivity contribution is -0.131. The van der Waals surface area contributed by atoms with Crippen LogP contribution in [0.1, 0.15) is 38.5 Å². The summed E-state index contributed by atoms with van der Waals surface area (Å²) in [5.41, 5.74) is 0. The van der Waals surface area contributed by atoms with Gasteiger partial charge in [0.15, 0.2) is 0 Å². The van der Waals surface area contributed by atoms with Crippen LogP contribution in [0.25, 0.3) is 0 Å². The molecule has 0 spiro atoms. The highest BCUT2D eigenvalue weighted by atomic mass is 35.5. The average Bonchev–Trinajstić information content (AvgIpc) is 3.10. The van der Waals surface area contributed by atoms with Crippen molar-refractivity contribution < 1.29 is 9.59 Å². The molecular formula is C15H20ClN3O2. The van der Waals surface area contributed by atoms with Gasteiger partial charge in [-0.1, -0.05) is 0 Å². The molecule has 3 fully saturated rings. The first-order valence-electron chi connectivity index (χ1n) is 7.71. The van der Waals surface area contributed by atoms with Crippen molar-refractivity contribution in [3.63, 3.8) is 0 Å². The zero-order chi connectivity index (χ0) is 15.0. The fourth-order valence-electron chi connectivity index (χ4n) is 4.13. The Bertz CT molecular complexity index is 474. The Morgan fingerprint density at radius 3 is 2.67 bits per heavy atom. The normalized spacial score (nSPS) is 35.3. The molecule has 21 heavy (non-hydrogen) atoms. The van der Waals surface area contributed by atoms with Gasteiger partial charge in [0, 0.05) is 25.4 Å². The van der Waals surface area contributed by atoms with Crippen LogP contribution in [0, 0.1) is 23.2 Å². The SMILES string of the molecule is N#C[C@@H]1CCCN1C(=O)CN(Cl)[C@H]1C[C@H]2CC(=O)C[C@H]2C1. The summed E-state index contributed by atoms with van der Waals surface area (Å²) < 4.78 is 1.61. The van der Waals surface area contributed by atoms with Crippen LogP contribution in [0.3, 0.4) is 0 Å². The molecule has 0 aromatic carbocycles. The fourth-order valence-corrected chi connectivity index (χ4v) is 4.39. The van der Waals surface area contributed by atoms with Gasteiger partial charge >= 0.3 is 0 Å². The molecule has 1 saturated heterocycles. The number of carbonyl (C=O) groups excluding carboxylic acids is 2. The Balaban J connectivity index is 1.53. The van der Waals surface area contributed by atoms with Crippen molar-refractivity contribution in [2.24, 2.45) is 11.8 Å². The van der Waals surface area contributed by atoms with E-state index in [4.69, 9.17) is 17.0 Å². The van der Waals surface area contributed by atoms with Crippen LogP contribution in [-0.4, -0.2) is 46.2 Å². The summed E-state index contributed by atoms with van der Waals surface area (Å²) in [7, 11) is 0. The van der Waals surface area contributed by atoms with Crippen LogP contribution in [0.5, 0.6) is 0 Å². The van der Waals surface area contributed by atoms with E-state index in [1.165, 1.54) is 0 Å². The molecule has 114 valence electrons. The van der Waals surface area contributed by atoms with E-state index in [0.717, 1.165) is 25.7 Å². The van der Waals surface area contributed by atoms with E-state index >= 15 is 0 Å². The van der Waals surface area contributed by atoms with E-state index in [0.29, 0.717) is 37.0 Å². The van der Waals surface area contributed by atoms with Gasteiger partial charge in [-0.25, -0.2) is 4.42 Å². The summed E-state index contributed by atoms with van der Waals surface area (Å²) in [6.07, 6.45) is 4.84. The number of nitrogens with zero attached hydrogens (tertiary/aromatic N) is 3. The molecular weight excluding hydrogens is 290 g/mol. The van der Waals surface area contributed by atoms with E-state index in [1.807, 2.05) is 0 Å². The van der Waals surface area contributed by atoms with Crippen molar-refractivity contribution in [2.45, 2.75) is 50.6 Å². The predicted molar refractivity (Wildman–Crippen MR) is 77.2 cm³/mol. The van der Waals surface area contributed by atoms with Crippen LogP contribution in [0.4, 0.5) is 0 Å². The fraction of sp³-hybridized carbons (Fsp3) is 0.800. The first-order valence-corrected chi connectivity index (χ1v) is 8.05. The smallest absolute Gasteiger partial charge is 0.239 e. The molecule has 5 nitrogen and oxygen atoms in total. The second kappa shape index (κ2) is 5.94. The highest BCUT2D eigenvalue weighted by Gasteiger charge is 2.43. The van der Waals surface area contributed by atoms with Crippen LogP contribution in [-0.2, 0) is 9.59 Å². The summed E-state index contributed by atoms with van der Waals surface area (Å²) in [6.45, 7) is 0.823. The average molecular weight is 310 g/mol. The number of rotatable bonds is 3. The summed E-state index contributed by atoms with van der Waals surface area (Å²) in [5.74, 6) is 1.23. The summed E-state index contributed by atoms with van der Waals surface area (Å²) in [6, 6.07) is 2.07. The molecule has 2 aliphatic carbocycles. The first-order chi connectivity index (χ1) is 10.1. The molecule has 0 bridgehead atoms. The molecule has 6 heteroatoms. The quantitative estimate of drug-likeness (QED) is 0.745. The highest BCUT2D eigenvalue weighted by molar-refractivity contribution is 6.14. The zero-order valence-corrected chi connectivity index (χ0v) is 12.8. The molecule has 3 rings (SSSR count). The maximum Gasteiger partial charge on any atom is 0.239 e. The Morgan fingerprint density at radius 1 is 1.38 bits per heavy atom. The van der Waals surface area contributed by atoms with Crippen molar-refractivity contribution in [1.29, 1.82) is 5.26 Å². The number of carbonyl (C=O) groups is 2. The van der Waals surface area contributed by atoms with Gasteiger partial charge in [-0.3, -0.25) is 9.59 Å². The number of ketones is 1. The lowest BCUT2D eigenvalue weighted by Crippen LogP contribution is -2.42. The second-order valence-corrected chi connectivity index (χ2v) is 6.96. The minimum atomic E-state index is -0.289. The maximum absolute atomic E-state index is 12.3. The second-order valence-electron chi connectivity index (χ2n) is 6.52.